The lowest BCUT2D eigenvalue weighted by molar-refractivity contribution is -0.128. The van der Waals surface area contributed by atoms with E-state index in [2.05, 4.69) is 16.1 Å². The molecule has 1 heterocycles. The van der Waals surface area contributed by atoms with Crippen molar-refractivity contribution in [3.63, 3.8) is 0 Å². The van der Waals surface area contributed by atoms with Crippen LogP contribution in [0.4, 0.5) is 0 Å². The second-order valence-electron chi connectivity index (χ2n) is 4.82. The Morgan fingerprint density at radius 3 is 2.75 bits per heavy atom. The Morgan fingerprint density at radius 2 is 2.25 bits per heavy atom. The Balaban J connectivity index is 2.18. The van der Waals surface area contributed by atoms with E-state index in [1.165, 1.54) is 0 Å². The van der Waals surface area contributed by atoms with Gasteiger partial charge in [0.25, 0.3) is 5.91 Å². The van der Waals surface area contributed by atoms with Crippen LogP contribution in [0.1, 0.15) is 27.2 Å². The molecule has 16 heavy (non-hydrogen) atoms. The first-order valence-electron chi connectivity index (χ1n) is 5.34. The Morgan fingerprint density at radius 1 is 1.56 bits per heavy atom. The summed E-state index contributed by atoms with van der Waals surface area (Å²) < 4.78 is 0. The number of hydroxylamine groups is 1. The van der Waals surface area contributed by atoms with Gasteiger partial charge in [0, 0.05) is 18.5 Å². The number of nitrogens with one attached hydrogen (secondary N) is 3. The minimum absolute atomic E-state index is 0.00583. The summed E-state index contributed by atoms with van der Waals surface area (Å²) in [5.41, 5.74) is 2.18. The predicted octanol–water partition coefficient (Wildman–Crippen LogP) is -0.689. The van der Waals surface area contributed by atoms with Crippen molar-refractivity contribution in [2.75, 3.05) is 13.2 Å². The molecule has 6 nitrogen and oxygen atoms in total. The highest BCUT2D eigenvalue weighted by Crippen LogP contribution is 1.99. The van der Waals surface area contributed by atoms with Crippen molar-refractivity contribution in [2.24, 2.45) is 0 Å². The second kappa shape index (κ2) is 5.27. The van der Waals surface area contributed by atoms with Crippen LogP contribution in [-0.2, 0) is 14.4 Å². The van der Waals surface area contributed by atoms with Crippen LogP contribution >= 0.6 is 0 Å². The number of amides is 2. The molecule has 1 atom stereocenters. The van der Waals surface area contributed by atoms with Crippen molar-refractivity contribution < 1.29 is 14.4 Å². The fraction of sp³-hybridized carbons (Fsp3) is 0.800. The average molecular weight is 229 g/mol. The maximum atomic E-state index is 11.4. The van der Waals surface area contributed by atoms with Gasteiger partial charge in [-0.3, -0.25) is 14.4 Å². The molecule has 0 aromatic rings. The summed E-state index contributed by atoms with van der Waals surface area (Å²) in [5.74, 6) is -0.445. The van der Waals surface area contributed by atoms with E-state index in [1.807, 2.05) is 20.8 Å². The minimum Gasteiger partial charge on any atom is -0.342 e. The van der Waals surface area contributed by atoms with Gasteiger partial charge >= 0.3 is 0 Å². The van der Waals surface area contributed by atoms with E-state index < -0.39 is 6.04 Å². The highest BCUT2D eigenvalue weighted by molar-refractivity contribution is 5.88. The number of rotatable bonds is 4. The van der Waals surface area contributed by atoms with Gasteiger partial charge in [0.1, 0.15) is 12.6 Å². The van der Waals surface area contributed by atoms with Gasteiger partial charge in [-0.25, -0.2) is 5.48 Å². The molecular formula is C10H19N3O3. The van der Waals surface area contributed by atoms with Gasteiger partial charge in [-0.1, -0.05) is 0 Å². The molecule has 0 aromatic carbocycles. The lowest BCUT2D eigenvalue weighted by Crippen LogP contribution is -2.44. The molecule has 1 aliphatic rings. The van der Waals surface area contributed by atoms with E-state index in [0.717, 1.165) is 0 Å². The van der Waals surface area contributed by atoms with Crippen molar-refractivity contribution in [1.29, 1.82) is 0 Å². The molecule has 0 radical (unpaired) electrons. The normalized spacial score (nSPS) is 20.7. The van der Waals surface area contributed by atoms with Gasteiger partial charge in [-0.05, 0) is 20.8 Å². The smallest absolute Gasteiger partial charge is 0.268 e. The fourth-order valence-corrected chi connectivity index (χ4v) is 1.27. The molecular weight excluding hydrogens is 210 g/mol. The highest BCUT2D eigenvalue weighted by Gasteiger charge is 2.26. The lowest BCUT2D eigenvalue weighted by atomic mass is 10.1. The standard InChI is InChI=1S/C10H19N3O3/c1-10(2,3)11-5-4-8(14)12-7-6-16-13-9(7)15/h7,11H,4-6H2,1-3H3,(H,12,14)(H,13,15)/t7-/m1/s1. The molecule has 1 aliphatic heterocycles. The number of hydrogen-bond acceptors (Lipinski definition) is 4. The van der Waals surface area contributed by atoms with Gasteiger partial charge < -0.3 is 10.6 Å². The second-order valence-corrected chi connectivity index (χ2v) is 4.82. The van der Waals surface area contributed by atoms with Crippen LogP contribution in [0.2, 0.25) is 0 Å². The summed E-state index contributed by atoms with van der Waals surface area (Å²) in [6, 6.07) is -0.554. The maximum absolute atomic E-state index is 11.4. The summed E-state index contributed by atoms with van der Waals surface area (Å²) in [5, 5.41) is 5.80. The molecule has 1 fully saturated rings. The van der Waals surface area contributed by atoms with Crippen molar-refractivity contribution in [2.45, 2.75) is 38.8 Å². The third kappa shape index (κ3) is 4.59. The molecule has 0 aromatic heterocycles. The van der Waals surface area contributed by atoms with E-state index in [-0.39, 0.29) is 24.0 Å². The predicted molar refractivity (Wildman–Crippen MR) is 58.4 cm³/mol. The molecule has 1 rings (SSSR count). The monoisotopic (exact) mass is 229 g/mol. The van der Waals surface area contributed by atoms with Crippen molar-refractivity contribution >= 4 is 11.8 Å². The molecule has 0 aliphatic carbocycles. The number of hydrogen-bond donors (Lipinski definition) is 3. The molecule has 0 unspecified atom stereocenters. The zero-order valence-corrected chi connectivity index (χ0v) is 9.92. The molecule has 1 saturated heterocycles. The van der Waals surface area contributed by atoms with Crippen molar-refractivity contribution in [3.05, 3.63) is 0 Å². The first-order chi connectivity index (χ1) is 7.38. The van der Waals surface area contributed by atoms with Crippen LogP contribution in [0.3, 0.4) is 0 Å². The van der Waals surface area contributed by atoms with E-state index in [4.69, 9.17) is 4.84 Å². The molecule has 6 heteroatoms. The zero-order chi connectivity index (χ0) is 12.2. The maximum Gasteiger partial charge on any atom is 0.268 e. The summed E-state index contributed by atoms with van der Waals surface area (Å²) in [7, 11) is 0. The minimum atomic E-state index is -0.554. The fourth-order valence-electron chi connectivity index (χ4n) is 1.27. The average Bonchev–Trinajstić information content (AvgIpc) is 2.49. The van der Waals surface area contributed by atoms with Gasteiger partial charge in [0.05, 0.1) is 0 Å². The first-order valence-corrected chi connectivity index (χ1v) is 5.34. The molecule has 0 saturated carbocycles. The van der Waals surface area contributed by atoms with Crippen molar-refractivity contribution in [1.82, 2.24) is 16.1 Å². The van der Waals surface area contributed by atoms with Crippen LogP contribution in [0, 0.1) is 0 Å². The van der Waals surface area contributed by atoms with E-state index in [1.54, 1.807) is 0 Å². The Labute approximate surface area is 95.1 Å². The Hall–Kier alpha value is -1.14. The third-order valence-electron chi connectivity index (χ3n) is 2.08. The molecule has 2 amide bonds. The van der Waals surface area contributed by atoms with E-state index >= 15 is 0 Å². The van der Waals surface area contributed by atoms with Crippen molar-refractivity contribution in [3.8, 4) is 0 Å². The van der Waals surface area contributed by atoms with Crippen LogP contribution in [0.5, 0.6) is 0 Å². The largest absolute Gasteiger partial charge is 0.342 e. The van der Waals surface area contributed by atoms with Crippen LogP contribution < -0.4 is 16.1 Å². The molecule has 92 valence electrons. The SMILES string of the molecule is CC(C)(C)NCCC(=O)N[C@@H]1CONC1=O. The quantitative estimate of drug-likeness (QED) is 0.596. The van der Waals surface area contributed by atoms with E-state index in [9.17, 15) is 9.59 Å². The summed E-state index contributed by atoms with van der Waals surface area (Å²) >= 11 is 0. The summed E-state index contributed by atoms with van der Waals surface area (Å²) in [6.45, 7) is 6.87. The number of carbonyl (C=O) groups excluding carboxylic acids is 2. The zero-order valence-electron chi connectivity index (χ0n) is 9.92. The van der Waals surface area contributed by atoms with Crippen LogP contribution in [-0.4, -0.2) is 36.5 Å². The Kier molecular flexibility index (Phi) is 4.26. The van der Waals surface area contributed by atoms with Gasteiger partial charge in [-0.15, -0.1) is 0 Å². The van der Waals surface area contributed by atoms with Gasteiger partial charge in [-0.2, -0.15) is 0 Å². The first kappa shape index (κ1) is 12.9. The highest BCUT2D eigenvalue weighted by atomic mass is 16.7. The molecule has 3 N–H and O–H groups in total. The molecule has 0 bridgehead atoms. The van der Waals surface area contributed by atoms with Crippen LogP contribution in [0.15, 0.2) is 0 Å². The van der Waals surface area contributed by atoms with Gasteiger partial charge in [0.15, 0.2) is 0 Å². The summed E-state index contributed by atoms with van der Waals surface area (Å²) in [6.07, 6.45) is 0.348. The Bertz CT molecular complexity index is 273. The number of carbonyl (C=O) groups is 2. The van der Waals surface area contributed by atoms with E-state index in [0.29, 0.717) is 13.0 Å². The topological polar surface area (TPSA) is 79.5 Å². The lowest BCUT2D eigenvalue weighted by Gasteiger charge is -2.20. The third-order valence-corrected chi connectivity index (χ3v) is 2.08. The van der Waals surface area contributed by atoms with Crippen LogP contribution in [0.25, 0.3) is 0 Å². The summed E-state index contributed by atoms with van der Waals surface area (Å²) in [4.78, 5) is 27.2. The van der Waals surface area contributed by atoms with Gasteiger partial charge in [0.2, 0.25) is 5.91 Å². The molecule has 0 spiro atoms.